The average Bonchev–Trinajstić information content (AvgIpc) is 2.09. The summed E-state index contributed by atoms with van der Waals surface area (Å²) in [4.78, 5) is 25.2. The van der Waals surface area contributed by atoms with E-state index >= 15 is 0 Å². The molecule has 92 valence electrons. The van der Waals surface area contributed by atoms with E-state index in [1.54, 1.807) is 4.90 Å². The van der Waals surface area contributed by atoms with Gasteiger partial charge in [0.05, 0.1) is 6.04 Å². The molecule has 1 heterocycles. The molecule has 1 aliphatic rings. The predicted molar refractivity (Wildman–Crippen MR) is 61.5 cm³/mol. The SMILES string of the molecule is CC(=O)C(N1CCCN(N)C1=O)C(C)(C)C. The van der Waals surface area contributed by atoms with E-state index in [9.17, 15) is 9.59 Å². The largest absolute Gasteiger partial charge is 0.334 e. The summed E-state index contributed by atoms with van der Waals surface area (Å²) in [5.74, 6) is 5.59. The number of amides is 2. The number of hydrogen-bond donors (Lipinski definition) is 1. The van der Waals surface area contributed by atoms with E-state index in [1.807, 2.05) is 20.8 Å². The van der Waals surface area contributed by atoms with E-state index in [0.29, 0.717) is 13.1 Å². The van der Waals surface area contributed by atoms with E-state index in [0.717, 1.165) is 6.42 Å². The van der Waals surface area contributed by atoms with Crippen molar-refractivity contribution in [3.8, 4) is 0 Å². The maximum absolute atomic E-state index is 11.9. The molecule has 1 unspecified atom stereocenters. The molecule has 16 heavy (non-hydrogen) atoms. The minimum atomic E-state index is -0.397. The molecule has 1 atom stereocenters. The Bertz CT molecular complexity index is 296. The minimum Gasteiger partial charge on any atom is -0.313 e. The summed E-state index contributed by atoms with van der Waals surface area (Å²) < 4.78 is 0. The molecule has 0 aromatic carbocycles. The number of hydrazine groups is 1. The van der Waals surface area contributed by atoms with Crippen LogP contribution in [0.3, 0.4) is 0 Å². The zero-order chi connectivity index (χ0) is 12.5. The van der Waals surface area contributed by atoms with Crippen molar-refractivity contribution in [3.63, 3.8) is 0 Å². The zero-order valence-corrected chi connectivity index (χ0v) is 10.5. The minimum absolute atomic E-state index is 0.0103. The molecular weight excluding hydrogens is 206 g/mol. The molecule has 0 bridgehead atoms. The van der Waals surface area contributed by atoms with E-state index in [1.165, 1.54) is 11.9 Å². The third-order valence-electron chi connectivity index (χ3n) is 2.81. The normalized spacial score (nSPS) is 19.9. The summed E-state index contributed by atoms with van der Waals surface area (Å²) in [6.07, 6.45) is 0.808. The van der Waals surface area contributed by atoms with Gasteiger partial charge in [0.15, 0.2) is 5.78 Å². The van der Waals surface area contributed by atoms with Crippen LogP contribution >= 0.6 is 0 Å². The molecule has 1 aliphatic heterocycles. The highest BCUT2D eigenvalue weighted by Crippen LogP contribution is 2.27. The van der Waals surface area contributed by atoms with Crippen LogP contribution in [0.1, 0.15) is 34.1 Å². The molecule has 0 radical (unpaired) electrons. The van der Waals surface area contributed by atoms with Gasteiger partial charge in [-0.25, -0.2) is 10.6 Å². The Kier molecular flexibility index (Phi) is 3.57. The van der Waals surface area contributed by atoms with E-state index in [2.05, 4.69) is 0 Å². The van der Waals surface area contributed by atoms with Crippen LogP contribution in [0.25, 0.3) is 0 Å². The molecule has 0 aromatic rings. The molecule has 1 rings (SSSR count). The topological polar surface area (TPSA) is 66.6 Å². The van der Waals surface area contributed by atoms with Gasteiger partial charge in [0.25, 0.3) is 0 Å². The number of nitrogens with two attached hydrogens (primary N) is 1. The fourth-order valence-electron chi connectivity index (χ4n) is 2.30. The second-order valence-electron chi connectivity index (χ2n) is 5.40. The Labute approximate surface area is 96.5 Å². The first-order valence-electron chi connectivity index (χ1n) is 5.58. The van der Waals surface area contributed by atoms with Crippen LogP contribution in [0.5, 0.6) is 0 Å². The molecular formula is C11H21N3O2. The molecule has 1 saturated heterocycles. The Morgan fingerprint density at radius 2 is 1.94 bits per heavy atom. The lowest BCUT2D eigenvalue weighted by atomic mass is 9.83. The third-order valence-corrected chi connectivity index (χ3v) is 2.81. The van der Waals surface area contributed by atoms with Gasteiger partial charge in [-0.05, 0) is 18.8 Å². The molecule has 0 spiro atoms. The van der Waals surface area contributed by atoms with E-state index in [4.69, 9.17) is 5.84 Å². The summed E-state index contributed by atoms with van der Waals surface area (Å²) in [7, 11) is 0. The highest BCUT2D eigenvalue weighted by Gasteiger charge is 2.39. The summed E-state index contributed by atoms with van der Waals surface area (Å²) in [6.45, 7) is 8.57. The van der Waals surface area contributed by atoms with Gasteiger partial charge in [-0.1, -0.05) is 20.8 Å². The van der Waals surface area contributed by atoms with E-state index < -0.39 is 6.04 Å². The van der Waals surface area contributed by atoms with Crippen molar-refractivity contribution in [1.29, 1.82) is 0 Å². The Balaban J connectivity index is 2.95. The maximum atomic E-state index is 11.9. The van der Waals surface area contributed by atoms with Gasteiger partial charge in [0.1, 0.15) is 0 Å². The first kappa shape index (κ1) is 13.0. The second kappa shape index (κ2) is 4.41. The van der Waals surface area contributed by atoms with Crippen LogP contribution in [0.2, 0.25) is 0 Å². The quantitative estimate of drug-likeness (QED) is 0.565. The number of carbonyl (C=O) groups is 2. The highest BCUT2D eigenvalue weighted by atomic mass is 16.2. The van der Waals surface area contributed by atoms with Crippen LogP contribution in [-0.4, -0.2) is 40.9 Å². The van der Waals surface area contributed by atoms with Crippen molar-refractivity contribution in [1.82, 2.24) is 9.91 Å². The number of Topliss-reactive ketones (excluding diaryl/α,β-unsaturated/α-hetero) is 1. The first-order chi connectivity index (χ1) is 7.25. The standard InChI is InChI=1S/C11H21N3O2/c1-8(15)9(11(2,3)4)13-6-5-7-14(12)10(13)16/h9H,5-7,12H2,1-4H3. The van der Waals surface area contributed by atoms with Gasteiger partial charge in [-0.3, -0.25) is 9.80 Å². The van der Waals surface area contributed by atoms with Crippen molar-refractivity contribution in [2.45, 2.75) is 40.2 Å². The van der Waals surface area contributed by atoms with Gasteiger partial charge >= 0.3 is 6.03 Å². The molecule has 2 amide bonds. The Hall–Kier alpha value is -1.10. The molecule has 2 N–H and O–H groups in total. The summed E-state index contributed by atoms with van der Waals surface area (Å²) >= 11 is 0. The summed E-state index contributed by atoms with van der Waals surface area (Å²) in [6, 6.07) is -0.646. The summed E-state index contributed by atoms with van der Waals surface area (Å²) in [5, 5.41) is 1.19. The molecule has 5 heteroatoms. The average molecular weight is 227 g/mol. The first-order valence-corrected chi connectivity index (χ1v) is 5.58. The number of urea groups is 1. The van der Waals surface area contributed by atoms with Gasteiger partial charge in [-0.2, -0.15) is 0 Å². The van der Waals surface area contributed by atoms with Crippen LogP contribution < -0.4 is 5.84 Å². The van der Waals surface area contributed by atoms with Gasteiger partial charge in [0.2, 0.25) is 0 Å². The van der Waals surface area contributed by atoms with Crippen LogP contribution in [0, 0.1) is 5.41 Å². The molecule has 1 fully saturated rings. The van der Waals surface area contributed by atoms with E-state index in [-0.39, 0.29) is 17.2 Å². The molecule has 5 nitrogen and oxygen atoms in total. The van der Waals surface area contributed by atoms with Crippen molar-refractivity contribution in [3.05, 3.63) is 0 Å². The summed E-state index contributed by atoms with van der Waals surface area (Å²) in [5.41, 5.74) is -0.264. The lowest BCUT2D eigenvalue weighted by molar-refractivity contribution is -0.125. The monoisotopic (exact) mass is 227 g/mol. The van der Waals surface area contributed by atoms with Crippen LogP contribution in [-0.2, 0) is 4.79 Å². The molecule has 0 aromatic heterocycles. The number of carbonyl (C=O) groups excluding carboxylic acids is 2. The van der Waals surface area contributed by atoms with Gasteiger partial charge < -0.3 is 4.90 Å². The van der Waals surface area contributed by atoms with Crippen molar-refractivity contribution < 1.29 is 9.59 Å². The lowest BCUT2D eigenvalue weighted by Gasteiger charge is -2.42. The Morgan fingerprint density at radius 1 is 1.38 bits per heavy atom. The smallest absolute Gasteiger partial charge is 0.313 e. The fraction of sp³-hybridized carbons (Fsp3) is 0.818. The number of rotatable bonds is 2. The van der Waals surface area contributed by atoms with Crippen LogP contribution in [0.15, 0.2) is 0 Å². The molecule has 0 saturated carbocycles. The van der Waals surface area contributed by atoms with Crippen molar-refractivity contribution in [2.24, 2.45) is 11.3 Å². The highest BCUT2D eigenvalue weighted by molar-refractivity contribution is 5.87. The fourth-order valence-corrected chi connectivity index (χ4v) is 2.30. The van der Waals surface area contributed by atoms with Crippen LogP contribution in [0.4, 0.5) is 4.79 Å². The number of nitrogens with zero attached hydrogens (tertiary/aromatic N) is 2. The van der Waals surface area contributed by atoms with Gasteiger partial charge in [-0.15, -0.1) is 0 Å². The third kappa shape index (κ3) is 2.52. The zero-order valence-electron chi connectivity index (χ0n) is 10.5. The maximum Gasteiger partial charge on any atom is 0.334 e. The van der Waals surface area contributed by atoms with Gasteiger partial charge in [0, 0.05) is 13.1 Å². The Morgan fingerprint density at radius 3 is 2.38 bits per heavy atom. The second-order valence-corrected chi connectivity index (χ2v) is 5.40. The van der Waals surface area contributed by atoms with Crippen molar-refractivity contribution in [2.75, 3.05) is 13.1 Å². The molecule has 0 aliphatic carbocycles. The predicted octanol–water partition coefficient (Wildman–Crippen LogP) is 0.991. The lowest BCUT2D eigenvalue weighted by Crippen LogP contribution is -2.60. The number of hydrogen-bond acceptors (Lipinski definition) is 3. The number of ketones is 1. The van der Waals surface area contributed by atoms with Crippen molar-refractivity contribution >= 4 is 11.8 Å².